The van der Waals surface area contributed by atoms with E-state index in [9.17, 15) is 29.4 Å². The van der Waals surface area contributed by atoms with Crippen LogP contribution >= 0.6 is 0 Å². The minimum absolute atomic E-state index is 0.00944. The summed E-state index contributed by atoms with van der Waals surface area (Å²) in [5, 5.41) is 24.3. The Morgan fingerprint density at radius 2 is 0.958 bits per heavy atom. The van der Waals surface area contributed by atoms with Gasteiger partial charge in [0, 0.05) is 22.3 Å². The first-order valence-electron chi connectivity index (χ1n) is 14.6. The molecular weight excluding hydrogens is 614 g/mol. The van der Waals surface area contributed by atoms with Gasteiger partial charge in [-0.1, -0.05) is 71.9 Å². The zero-order valence-electron chi connectivity index (χ0n) is 25.1. The number of benzene rings is 5. The highest BCUT2D eigenvalue weighted by Crippen LogP contribution is 2.38. The SMILES string of the molecule is O=C(NNC(=O)c1ccccc1O)c1ccc2c(c1)C(=NOCc1ccccc1)c1cc(C(=O)NNC(=O)c3ccccc3O)ccc1-2. The number of phenols is 2. The van der Waals surface area contributed by atoms with Gasteiger partial charge in [-0.25, -0.2) is 0 Å². The molecule has 12 nitrogen and oxygen atoms in total. The monoisotopic (exact) mass is 641 g/mol. The molecule has 6 N–H and O–H groups in total. The lowest BCUT2D eigenvalue weighted by molar-refractivity contribution is 0.0845. The second-order valence-corrected chi connectivity index (χ2v) is 10.6. The van der Waals surface area contributed by atoms with Gasteiger partial charge in [0.15, 0.2) is 0 Å². The third-order valence-electron chi connectivity index (χ3n) is 7.47. The van der Waals surface area contributed by atoms with Crippen molar-refractivity contribution in [1.29, 1.82) is 0 Å². The summed E-state index contributed by atoms with van der Waals surface area (Å²) in [5.41, 5.74) is 13.4. The molecule has 0 bridgehead atoms. The number of carbonyl (C=O) groups is 4. The average Bonchev–Trinajstić information content (AvgIpc) is 3.42. The number of aromatic hydroxyl groups is 2. The van der Waals surface area contributed by atoms with E-state index >= 15 is 0 Å². The van der Waals surface area contributed by atoms with Crippen LogP contribution < -0.4 is 21.7 Å². The molecule has 5 aromatic rings. The van der Waals surface area contributed by atoms with E-state index in [1.165, 1.54) is 24.3 Å². The van der Waals surface area contributed by atoms with Crippen LogP contribution in [0.5, 0.6) is 11.5 Å². The minimum Gasteiger partial charge on any atom is -0.507 e. The first-order valence-corrected chi connectivity index (χ1v) is 14.6. The summed E-state index contributed by atoms with van der Waals surface area (Å²) in [7, 11) is 0. The molecular formula is C36H27N5O7. The number of carbonyl (C=O) groups excluding carboxylic acids is 4. The van der Waals surface area contributed by atoms with Crippen molar-refractivity contribution >= 4 is 29.3 Å². The predicted octanol–water partition coefficient (Wildman–Crippen LogP) is 4.20. The van der Waals surface area contributed by atoms with Crippen molar-refractivity contribution in [2.45, 2.75) is 6.61 Å². The number of hydrogen-bond acceptors (Lipinski definition) is 8. The molecule has 48 heavy (non-hydrogen) atoms. The van der Waals surface area contributed by atoms with Crippen molar-refractivity contribution < 1.29 is 34.2 Å². The Bertz CT molecular complexity index is 1970. The molecule has 6 rings (SSSR count). The van der Waals surface area contributed by atoms with E-state index in [1.54, 1.807) is 60.7 Å². The Kier molecular flexibility index (Phi) is 8.79. The molecule has 1 aliphatic rings. The molecule has 1 aliphatic carbocycles. The number of fused-ring (bicyclic) bond motifs is 3. The molecule has 0 aliphatic heterocycles. The third kappa shape index (κ3) is 6.53. The molecule has 0 unspecified atom stereocenters. The highest BCUT2D eigenvalue weighted by atomic mass is 16.6. The topological polar surface area (TPSA) is 178 Å². The maximum absolute atomic E-state index is 13.1. The largest absolute Gasteiger partial charge is 0.507 e. The maximum atomic E-state index is 13.1. The Labute approximate surface area is 273 Å². The number of nitrogens with zero attached hydrogens (tertiary/aromatic N) is 1. The van der Waals surface area contributed by atoms with Crippen molar-refractivity contribution in [3.8, 4) is 22.6 Å². The molecule has 0 saturated heterocycles. The molecule has 0 atom stereocenters. The van der Waals surface area contributed by atoms with Crippen LogP contribution in [0.2, 0.25) is 0 Å². The van der Waals surface area contributed by atoms with Crippen LogP contribution in [-0.4, -0.2) is 39.6 Å². The summed E-state index contributed by atoms with van der Waals surface area (Å²) in [4.78, 5) is 56.9. The third-order valence-corrected chi connectivity index (χ3v) is 7.47. The number of amides is 4. The summed E-state index contributed by atoms with van der Waals surface area (Å²) in [5.74, 6) is -3.11. The van der Waals surface area contributed by atoms with Gasteiger partial charge in [0.2, 0.25) is 0 Å². The molecule has 0 radical (unpaired) electrons. The molecule has 0 saturated carbocycles. The van der Waals surface area contributed by atoms with E-state index < -0.39 is 23.6 Å². The van der Waals surface area contributed by atoms with Crippen molar-refractivity contribution in [3.05, 3.63) is 154 Å². The van der Waals surface area contributed by atoms with Crippen LogP contribution in [-0.2, 0) is 11.4 Å². The molecule has 12 heteroatoms. The number of rotatable bonds is 7. The minimum atomic E-state index is -0.700. The second-order valence-electron chi connectivity index (χ2n) is 10.6. The van der Waals surface area contributed by atoms with Gasteiger partial charge < -0.3 is 15.1 Å². The summed E-state index contributed by atoms with van der Waals surface area (Å²) < 4.78 is 0. The van der Waals surface area contributed by atoms with Crippen LogP contribution in [0, 0.1) is 0 Å². The normalized spacial score (nSPS) is 11.0. The number of oxime groups is 1. The molecule has 5 aromatic carbocycles. The predicted molar refractivity (Wildman–Crippen MR) is 175 cm³/mol. The standard InChI is InChI=1S/C36H27N5O7/c42-30-12-6-4-10-26(30)35(46)39-37-33(44)22-14-16-24-25-17-15-23(34(45)38-40-36(47)27-11-5-7-13-31(27)43)19-29(25)32(28(24)18-22)41-48-20-21-8-2-1-3-9-21/h1-19,42-43H,20H2,(H,37,44)(H,38,45)(H,39,46)(H,40,47). The molecule has 0 aromatic heterocycles. The van der Waals surface area contributed by atoms with E-state index in [-0.39, 0.29) is 40.4 Å². The van der Waals surface area contributed by atoms with Gasteiger partial charge in [-0.2, -0.15) is 0 Å². The first kappa shape index (κ1) is 31.0. The number of hydrazine groups is 2. The number of para-hydroxylation sites is 2. The fraction of sp³-hybridized carbons (Fsp3) is 0.0278. The summed E-state index contributed by atoms with van der Waals surface area (Å²) in [6.07, 6.45) is 0. The van der Waals surface area contributed by atoms with Crippen LogP contribution in [0.25, 0.3) is 11.1 Å². The number of nitrogens with one attached hydrogen (secondary N) is 4. The fourth-order valence-electron chi connectivity index (χ4n) is 5.06. The summed E-state index contributed by atoms with van der Waals surface area (Å²) in [6.45, 7) is 0.159. The van der Waals surface area contributed by atoms with Crippen molar-refractivity contribution in [1.82, 2.24) is 21.7 Å². The van der Waals surface area contributed by atoms with E-state index in [4.69, 9.17) is 4.84 Å². The average molecular weight is 642 g/mol. The lowest BCUT2D eigenvalue weighted by atomic mass is 10.0. The lowest BCUT2D eigenvalue weighted by Crippen LogP contribution is -2.41. The van der Waals surface area contributed by atoms with Gasteiger partial charge in [-0.3, -0.25) is 40.9 Å². The van der Waals surface area contributed by atoms with E-state index in [0.717, 1.165) is 16.7 Å². The molecule has 238 valence electrons. The van der Waals surface area contributed by atoms with E-state index in [2.05, 4.69) is 26.9 Å². The summed E-state index contributed by atoms with van der Waals surface area (Å²) >= 11 is 0. The number of hydrogen-bond donors (Lipinski definition) is 6. The zero-order chi connectivity index (χ0) is 33.6. The molecule has 4 amide bonds. The van der Waals surface area contributed by atoms with Crippen molar-refractivity contribution in [2.24, 2.45) is 5.16 Å². The Morgan fingerprint density at radius 1 is 0.521 bits per heavy atom. The first-order chi connectivity index (χ1) is 23.3. The quantitative estimate of drug-likeness (QED) is 0.142. The van der Waals surface area contributed by atoms with Gasteiger partial charge >= 0.3 is 0 Å². The van der Waals surface area contributed by atoms with Crippen LogP contribution in [0.1, 0.15) is 58.1 Å². The van der Waals surface area contributed by atoms with Crippen LogP contribution in [0.3, 0.4) is 0 Å². The number of phenolic OH excluding ortho intramolecular Hbond substituents is 2. The van der Waals surface area contributed by atoms with Gasteiger partial charge in [0.05, 0.1) is 11.1 Å². The molecule has 0 heterocycles. The highest BCUT2D eigenvalue weighted by molar-refractivity contribution is 6.25. The van der Waals surface area contributed by atoms with Gasteiger partial charge in [-0.15, -0.1) is 0 Å². The van der Waals surface area contributed by atoms with Crippen molar-refractivity contribution in [3.63, 3.8) is 0 Å². The molecule has 0 spiro atoms. The van der Waals surface area contributed by atoms with E-state index in [0.29, 0.717) is 16.8 Å². The zero-order valence-corrected chi connectivity index (χ0v) is 25.1. The van der Waals surface area contributed by atoms with Crippen LogP contribution in [0.4, 0.5) is 0 Å². The van der Waals surface area contributed by atoms with Gasteiger partial charge in [0.25, 0.3) is 23.6 Å². The Morgan fingerprint density at radius 3 is 1.44 bits per heavy atom. The second kappa shape index (κ2) is 13.6. The van der Waals surface area contributed by atoms with Gasteiger partial charge in [0.1, 0.15) is 23.8 Å². The lowest BCUT2D eigenvalue weighted by Gasteiger charge is -2.10. The van der Waals surface area contributed by atoms with Crippen LogP contribution in [0.15, 0.2) is 120 Å². The highest BCUT2D eigenvalue weighted by Gasteiger charge is 2.28. The fourth-order valence-corrected chi connectivity index (χ4v) is 5.06. The Hall–Kier alpha value is -6.95. The smallest absolute Gasteiger partial charge is 0.273 e. The Balaban J connectivity index is 1.24. The van der Waals surface area contributed by atoms with Gasteiger partial charge in [-0.05, 0) is 65.2 Å². The molecule has 0 fully saturated rings. The maximum Gasteiger partial charge on any atom is 0.273 e. The summed E-state index contributed by atoms with van der Waals surface area (Å²) in [6, 6.07) is 31.0. The van der Waals surface area contributed by atoms with E-state index in [1.807, 2.05) is 30.3 Å². The van der Waals surface area contributed by atoms with Crippen molar-refractivity contribution in [2.75, 3.05) is 0 Å².